The zero-order chi connectivity index (χ0) is 17.5. The molecule has 130 valence electrons. The molecule has 0 aliphatic carbocycles. The fourth-order valence-electron chi connectivity index (χ4n) is 3.08. The molecule has 1 aliphatic heterocycles. The van der Waals surface area contributed by atoms with E-state index in [4.69, 9.17) is 5.84 Å². The van der Waals surface area contributed by atoms with Gasteiger partial charge in [0.15, 0.2) is 12.0 Å². The molecule has 2 aromatic carbocycles. The number of hydrazone groups is 1. The van der Waals surface area contributed by atoms with Gasteiger partial charge in [-0.25, -0.2) is 15.2 Å². The molecule has 0 saturated heterocycles. The van der Waals surface area contributed by atoms with Crippen LogP contribution in [0.4, 0.5) is 0 Å². The molecule has 1 unspecified atom stereocenters. The first kappa shape index (κ1) is 14.8. The van der Waals surface area contributed by atoms with Crippen molar-refractivity contribution in [2.75, 3.05) is 0 Å². The van der Waals surface area contributed by atoms with Gasteiger partial charge in [-0.15, -0.1) is 10.2 Å². The number of nitrogens with zero attached hydrogens (tertiary/aromatic N) is 8. The predicted octanol–water partition coefficient (Wildman–Crippen LogP) is 0.295. The van der Waals surface area contributed by atoms with Crippen molar-refractivity contribution in [1.29, 1.82) is 0 Å². The Morgan fingerprint density at radius 2 is 1.50 bits per heavy atom. The largest absolute Gasteiger partial charge is 0.283 e. The molecule has 10 heteroatoms. The number of hydrogen-bond donors (Lipinski definition) is 2. The number of nitrogens with two attached hydrogens (primary N) is 1. The maximum absolute atomic E-state index is 6.26. The Hall–Kier alpha value is -3.53. The molecule has 1 atom stereocenters. The molecule has 3 N–H and O–H groups in total. The van der Waals surface area contributed by atoms with E-state index < -0.39 is 0 Å². The third kappa shape index (κ3) is 2.35. The van der Waals surface area contributed by atoms with Crippen LogP contribution in [0.5, 0.6) is 0 Å². The fraction of sp³-hybridized carbons (Fsp3) is 0.188. The summed E-state index contributed by atoms with van der Waals surface area (Å²) in [6.07, 6.45) is -0.218. The Labute approximate surface area is 147 Å². The molecule has 0 spiro atoms. The maximum Gasteiger partial charge on any atom is 0.162 e. The molecule has 2 aromatic heterocycles. The summed E-state index contributed by atoms with van der Waals surface area (Å²) in [5.74, 6) is 6.94. The van der Waals surface area contributed by atoms with Gasteiger partial charge >= 0.3 is 0 Å². The van der Waals surface area contributed by atoms with Crippen LogP contribution >= 0.6 is 0 Å². The van der Waals surface area contributed by atoms with E-state index in [2.05, 4.69) is 31.2 Å². The second kappa shape index (κ2) is 5.77. The van der Waals surface area contributed by atoms with Crippen LogP contribution in [0.3, 0.4) is 0 Å². The number of nitrogens with one attached hydrogen (secondary N) is 1. The smallest absolute Gasteiger partial charge is 0.162 e. The summed E-state index contributed by atoms with van der Waals surface area (Å²) in [6.45, 7) is 0.945. The zero-order valence-electron chi connectivity index (χ0n) is 13.8. The fourth-order valence-corrected chi connectivity index (χ4v) is 3.08. The van der Waals surface area contributed by atoms with Gasteiger partial charge in [0.1, 0.15) is 17.6 Å². The molecule has 4 aromatic rings. The molecular weight excluding hydrogens is 332 g/mol. The average Bonchev–Trinajstić information content (AvgIpc) is 3.36. The Morgan fingerprint density at radius 1 is 0.885 bits per heavy atom. The van der Waals surface area contributed by atoms with E-state index in [1.165, 1.54) is 0 Å². The molecule has 0 fully saturated rings. The van der Waals surface area contributed by atoms with Crippen molar-refractivity contribution in [1.82, 2.24) is 40.4 Å². The van der Waals surface area contributed by atoms with Crippen molar-refractivity contribution in [2.45, 2.75) is 19.3 Å². The third-order valence-corrected chi connectivity index (χ3v) is 4.45. The van der Waals surface area contributed by atoms with Gasteiger partial charge in [0.25, 0.3) is 0 Å². The number of rotatable bonds is 4. The van der Waals surface area contributed by atoms with Gasteiger partial charge in [-0.1, -0.05) is 34.7 Å². The second-order valence-electron chi connectivity index (χ2n) is 6.08. The molecule has 1 aliphatic rings. The van der Waals surface area contributed by atoms with Gasteiger partial charge in [-0.2, -0.15) is 5.10 Å². The lowest BCUT2D eigenvalue weighted by atomic mass is 10.3. The zero-order valence-corrected chi connectivity index (χ0v) is 13.8. The van der Waals surface area contributed by atoms with E-state index in [9.17, 15) is 0 Å². The van der Waals surface area contributed by atoms with E-state index >= 15 is 0 Å². The standard InChI is InChI=1S/C16H16N10/c17-26-15(9-24-13-7-3-1-5-11(13)18-22-24)20-21-16(26)10-25-14-8-4-2-6-12(14)19-23-25/h1-8,15,20H,9-10,17H2. The van der Waals surface area contributed by atoms with E-state index in [-0.39, 0.29) is 6.17 Å². The molecule has 0 amide bonds. The lowest BCUT2D eigenvalue weighted by molar-refractivity contribution is 0.264. The number of aromatic nitrogens is 6. The summed E-state index contributed by atoms with van der Waals surface area (Å²) < 4.78 is 3.60. The topological polar surface area (TPSA) is 115 Å². The van der Waals surface area contributed by atoms with Gasteiger partial charge in [0.2, 0.25) is 0 Å². The van der Waals surface area contributed by atoms with Gasteiger partial charge in [0, 0.05) is 0 Å². The van der Waals surface area contributed by atoms with Crippen molar-refractivity contribution in [2.24, 2.45) is 10.9 Å². The van der Waals surface area contributed by atoms with Gasteiger partial charge in [-0.3, -0.25) is 10.4 Å². The minimum atomic E-state index is -0.218. The Balaban J connectivity index is 1.34. The first-order valence-electron chi connectivity index (χ1n) is 8.22. The number of fused-ring (bicyclic) bond motifs is 2. The summed E-state index contributed by atoms with van der Waals surface area (Å²) in [5.41, 5.74) is 6.65. The molecule has 5 rings (SSSR count). The summed E-state index contributed by atoms with van der Waals surface area (Å²) >= 11 is 0. The van der Waals surface area contributed by atoms with E-state index in [0.29, 0.717) is 18.9 Å². The van der Waals surface area contributed by atoms with Crippen LogP contribution in [0.15, 0.2) is 53.6 Å². The maximum atomic E-state index is 6.26. The van der Waals surface area contributed by atoms with Crippen molar-refractivity contribution in [3.8, 4) is 0 Å². The van der Waals surface area contributed by atoms with Crippen LogP contribution in [0.1, 0.15) is 0 Å². The van der Waals surface area contributed by atoms with Crippen LogP contribution in [-0.2, 0) is 13.1 Å². The highest BCUT2D eigenvalue weighted by Crippen LogP contribution is 2.14. The molecule has 0 radical (unpaired) electrons. The van der Waals surface area contributed by atoms with Gasteiger partial charge in [0.05, 0.1) is 17.6 Å². The van der Waals surface area contributed by atoms with Crippen LogP contribution < -0.4 is 11.3 Å². The van der Waals surface area contributed by atoms with E-state index in [0.717, 1.165) is 22.1 Å². The average molecular weight is 348 g/mol. The van der Waals surface area contributed by atoms with Crippen LogP contribution in [0, 0.1) is 0 Å². The number of amidine groups is 1. The monoisotopic (exact) mass is 348 g/mol. The SMILES string of the molecule is NN1C(Cn2nnc3ccccc32)=NNC1Cn1nnc2ccccc21. The van der Waals surface area contributed by atoms with Crippen LogP contribution in [0.25, 0.3) is 22.1 Å². The van der Waals surface area contributed by atoms with Gasteiger partial charge in [-0.05, 0) is 24.3 Å². The molecule has 3 heterocycles. The highest BCUT2D eigenvalue weighted by Gasteiger charge is 2.27. The lowest BCUT2D eigenvalue weighted by Crippen LogP contribution is -2.48. The van der Waals surface area contributed by atoms with E-state index in [1.54, 1.807) is 9.69 Å². The van der Waals surface area contributed by atoms with Gasteiger partial charge < -0.3 is 0 Å². The molecule has 0 saturated carbocycles. The number of para-hydroxylation sites is 2. The highest BCUT2D eigenvalue weighted by atomic mass is 15.6. The number of benzene rings is 2. The van der Waals surface area contributed by atoms with E-state index in [1.807, 2.05) is 53.2 Å². The Kier molecular flexibility index (Phi) is 3.28. The Morgan fingerprint density at radius 3 is 2.23 bits per heavy atom. The summed E-state index contributed by atoms with van der Waals surface area (Å²) in [6, 6.07) is 15.6. The lowest BCUT2D eigenvalue weighted by Gasteiger charge is -2.21. The first-order valence-corrected chi connectivity index (χ1v) is 8.22. The normalized spacial score (nSPS) is 17.0. The quantitative estimate of drug-likeness (QED) is 0.510. The number of hydrogen-bond acceptors (Lipinski definition) is 8. The summed E-state index contributed by atoms with van der Waals surface area (Å²) in [5, 5.41) is 22.7. The molecule has 26 heavy (non-hydrogen) atoms. The molecule has 0 bridgehead atoms. The Bertz CT molecular complexity index is 1110. The van der Waals surface area contributed by atoms with Crippen LogP contribution in [-0.4, -0.2) is 47.0 Å². The van der Waals surface area contributed by atoms with Crippen molar-refractivity contribution in [3.63, 3.8) is 0 Å². The first-order chi connectivity index (χ1) is 12.8. The minimum Gasteiger partial charge on any atom is -0.283 e. The predicted molar refractivity (Wildman–Crippen MR) is 95.4 cm³/mol. The second-order valence-corrected chi connectivity index (χ2v) is 6.08. The van der Waals surface area contributed by atoms with Crippen molar-refractivity contribution < 1.29 is 0 Å². The third-order valence-electron chi connectivity index (χ3n) is 4.45. The summed E-state index contributed by atoms with van der Waals surface area (Å²) in [7, 11) is 0. The molecular formula is C16H16N10. The minimum absolute atomic E-state index is 0.218. The summed E-state index contributed by atoms with van der Waals surface area (Å²) in [4.78, 5) is 0. The highest BCUT2D eigenvalue weighted by molar-refractivity contribution is 5.84. The number of hydrazine groups is 1. The van der Waals surface area contributed by atoms with Crippen LogP contribution in [0.2, 0.25) is 0 Å². The van der Waals surface area contributed by atoms with Crippen molar-refractivity contribution >= 4 is 27.9 Å². The molecule has 10 nitrogen and oxygen atoms in total. The van der Waals surface area contributed by atoms with Crippen molar-refractivity contribution in [3.05, 3.63) is 48.5 Å².